The van der Waals surface area contributed by atoms with Crippen LogP contribution in [0, 0.1) is 0 Å². The Balaban J connectivity index is 1.63. The first-order valence-corrected chi connectivity index (χ1v) is 8.70. The van der Waals surface area contributed by atoms with Crippen molar-refractivity contribution in [2.45, 2.75) is 12.5 Å². The second-order valence-corrected chi connectivity index (χ2v) is 6.99. The Hall–Kier alpha value is -1.18. The Morgan fingerprint density at radius 2 is 2.35 bits per heavy atom. The number of morpholine rings is 1. The van der Waals surface area contributed by atoms with Crippen LogP contribution in [0.5, 0.6) is 0 Å². The number of anilines is 1. The summed E-state index contributed by atoms with van der Waals surface area (Å²) >= 11 is 13.6. The number of aromatic nitrogens is 1. The fraction of sp³-hybridized carbons (Fsp3) is 0.333. The Morgan fingerprint density at radius 1 is 1.48 bits per heavy atom. The molecule has 1 aromatic carbocycles. The molecule has 0 spiro atoms. The largest absolute Gasteiger partial charge is 0.378 e. The minimum atomic E-state index is -0.335. The molecule has 1 fully saturated rings. The third-order valence-corrected chi connectivity index (χ3v) is 5.19. The highest BCUT2D eigenvalue weighted by Gasteiger charge is 2.22. The zero-order chi connectivity index (χ0) is 16.2. The molecule has 0 saturated carbocycles. The summed E-state index contributed by atoms with van der Waals surface area (Å²) in [5.74, 6) is -0.133. The van der Waals surface area contributed by atoms with Gasteiger partial charge < -0.3 is 15.4 Å². The van der Waals surface area contributed by atoms with E-state index in [0.717, 1.165) is 10.4 Å². The average molecular weight is 372 g/mol. The van der Waals surface area contributed by atoms with Gasteiger partial charge in [-0.1, -0.05) is 35.3 Å². The van der Waals surface area contributed by atoms with Crippen LogP contribution in [0.15, 0.2) is 24.4 Å². The molecule has 1 aromatic heterocycles. The maximum absolute atomic E-state index is 12.1. The van der Waals surface area contributed by atoms with Gasteiger partial charge in [-0.3, -0.25) is 4.79 Å². The van der Waals surface area contributed by atoms with Crippen molar-refractivity contribution in [1.82, 2.24) is 10.3 Å². The maximum Gasteiger partial charge on any atom is 0.245 e. The number of nitrogens with one attached hydrogen (secondary N) is 2. The highest BCUT2D eigenvalue weighted by atomic mass is 35.5. The van der Waals surface area contributed by atoms with Gasteiger partial charge in [-0.15, -0.1) is 11.3 Å². The Kier molecular flexibility index (Phi) is 5.50. The molecule has 0 aliphatic carbocycles. The lowest BCUT2D eigenvalue weighted by molar-refractivity contribution is -0.120. The molecule has 0 bridgehead atoms. The molecule has 8 heteroatoms. The van der Waals surface area contributed by atoms with E-state index in [2.05, 4.69) is 15.6 Å². The fourth-order valence-corrected chi connectivity index (χ4v) is 3.47. The number of thiazole rings is 1. The first kappa shape index (κ1) is 16.7. The number of amides is 1. The monoisotopic (exact) mass is 371 g/mol. The van der Waals surface area contributed by atoms with Crippen molar-refractivity contribution < 1.29 is 9.53 Å². The van der Waals surface area contributed by atoms with Gasteiger partial charge in [-0.05, 0) is 11.6 Å². The van der Waals surface area contributed by atoms with Crippen molar-refractivity contribution >= 4 is 45.6 Å². The summed E-state index contributed by atoms with van der Waals surface area (Å²) in [6.07, 6.45) is 2.36. The van der Waals surface area contributed by atoms with Gasteiger partial charge in [0.25, 0.3) is 0 Å². The van der Waals surface area contributed by atoms with E-state index >= 15 is 0 Å². The molecular formula is C15H15Cl2N3O2S. The highest BCUT2D eigenvalue weighted by molar-refractivity contribution is 7.15. The van der Waals surface area contributed by atoms with Gasteiger partial charge >= 0.3 is 0 Å². The van der Waals surface area contributed by atoms with Crippen molar-refractivity contribution in [2.24, 2.45) is 0 Å². The average Bonchev–Trinajstić information content (AvgIpc) is 3.00. The van der Waals surface area contributed by atoms with Crippen LogP contribution in [0.2, 0.25) is 10.0 Å². The summed E-state index contributed by atoms with van der Waals surface area (Å²) in [6.45, 7) is 1.68. The van der Waals surface area contributed by atoms with Gasteiger partial charge in [0.15, 0.2) is 5.13 Å². The molecule has 5 nitrogen and oxygen atoms in total. The molecule has 2 aromatic rings. The first-order valence-electron chi connectivity index (χ1n) is 7.13. The fourth-order valence-electron chi connectivity index (χ4n) is 2.25. The minimum absolute atomic E-state index is 0.133. The number of carbonyl (C=O) groups is 1. The quantitative estimate of drug-likeness (QED) is 0.866. The lowest BCUT2D eigenvalue weighted by atomic mass is 10.1. The van der Waals surface area contributed by atoms with Crippen molar-refractivity contribution in [3.63, 3.8) is 0 Å². The number of ether oxygens (including phenoxy) is 1. The standard InChI is InChI=1S/C15H15Cl2N3O2S/c16-11-3-1-2-9(13(11)17)6-10-7-19-15(23-10)20-14(21)12-8-22-5-4-18-12/h1-3,7,12,18H,4-6,8H2,(H,19,20,21). The second-order valence-electron chi connectivity index (χ2n) is 5.09. The summed E-state index contributed by atoms with van der Waals surface area (Å²) < 4.78 is 5.28. The summed E-state index contributed by atoms with van der Waals surface area (Å²) in [5.41, 5.74) is 0.933. The Morgan fingerprint density at radius 3 is 3.13 bits per heavy atom. The molecule has 2 N–H and O–H groups in total. The zero-order valence-electron chi connectivity index (χ0n) is 12.1. The normalized spacial score (nSPS) is 17.9. The predicted molar refractivity (Wildman–Crippen MR) is 92.6 cm³/mol. The predicted octanol–water partition coefficient (Wildman–Crippen LogP) is 2.97. The van der Waals surface area contributed by atoms with Crippen molar-refractivity contribution in [2.75, 3.05) is 25.1 Å². The lowest BCUT2D eigenvalue weighted by Crippen LogP contribution is -2.48. The maximum atomic E-state index is 12.1. The van der Waals surface area contributed by atoms with E-state index in [0.29, 0.717) is 41.4 Å². The van der Waals surface area contributed by atoms with E-state index in [1.54, 1.807) is 12.3 Å². The SMILES string of the molecule is O=C(Nc1ncc(Cc2cccc(Cl)c2Cl)s1)C1COCCN1. The van der Waals surface area contributed by atoms with Crippen molar-refractivity contribution in [3.8, 4) is 0 Å². The molecule has 1 aliphatic rings. The molecule has 1 amide bonds. The van der Waals surface area contributed by atoms with Crippen LogP contribution in [0.3, 0.4) is 0 Å². The van der Waals surface area contributed by atoms with Gasteiger partial charge in [0, 0.05) is 24.0 Å². The van der Waals surface area contributed by atoms with Gasteiger partial charge in [0.05, 0.1) is 23.3 Å². The smallest absolute Gasteiger partial charge is 0.245 e. The lowest BCUT2D eigenvalue weighted by Gasteiger charge is -2.22. The number of halogens is 2. The van der Waals surface area contributed by atoms with Crippen LogP contribution in [0.25, 0.3) is 0 Å². The van der Waals surface area contributed by atoms with Crippen molar-refractivity contribution in [3.05, 3.63) is 44.9 Å². The van der Waals surface area contributed by atoms with Gasteiger partial charge in [-0.25, -0.2) is 4.98 Å². The third kappa shape index (κ3) is 4.22. The zero-order valence-corrected chi connectivity index (χ0v) is 14.5. The topological polar surface area (TPSA) is 63.2 Å². The molecular weight excluding hydrogens is 357 g/mol. The molecule has 0 radical (unpaired) electrons. The summed E-state index contributed by atoms with van der Waals surface area (Å²) in [4.78, 5) is 17.3. The van der Waals surface area contributed by atoms with E-state index < -0.39 is 0 Å². The summed E-state index contributed by atoms with van der Waals surface area (Å²) in [7, 11) is 0. The molecule has 1 saturated heterocycles. The second kappa shape index (κ2) is 7.59. The number of benzene rings is 1. The Bertz CT molecular complexity index is 702. The number of hydrogen-bond acceptors (Lipinski definition) is 5. The molecule has 2 heterocycles. The van der Waals surface area contributed by atoms with Gasteiger partial charge in [-0.2, -0.15) is 0 Å². The van der Waals surface area contributed by atoms with E-state index in [4.69, 9.17) is 27.9 Å². The number of rotatable bonds is 4. The molecule has 23 heavy (non-hydrogen) atoms. The van der Waals surface area contributed by atoms with Gasteiger partial charge in [0.1, 0.15) is 6.04 Å². The molecule has 122 valence electrons. The molecule has 1 unspecified atom stereocenters. The minimum Gasteiger partial charge on any atom is -0.378 e. The van der Waals surface area contributed by atoms with E-state index in [1.807, 2.05) is 12.1 Å². The van der Waals surface area contributed by atoms with E-state index in [1.165, 1.54) is 11.3 Å². The molecule has 1 aliphatic heterocycles. The summed E-state index contributed by atoms with van der Waals surface area (Å²) in [6, 6.07) is 5.21. The van der Waals surface area contributed by atoms with Crippen LogP contribution in [-0.4, -0.2) is 36.7 Å². The highest BCUT2D eigenvalue weighted by Crippen LogP contribution is 2.29. The molecule has 1 atom stereocenters. The van der Waals surface area contributed by atoms with Crippen LogP contribution >= 0.6 is 34.5 Å². The van der Waals surface area contributed by atoms with Crippen LogP contribution in [-0.2, 0) is 16.0 Å². The van der Waals surface area contributed by atoms with Crippen LogP contribution < -0.4 is 10.6 Å². The number of nitrogens with zero attached hydrogens (tertiary/aromatic N) is 1. The van der Waals surface area contributed by atoms with E-state index in [9.17, 15) is 4.79 Å². The van der Waals surface area contributed by atoms with Gasteiger partial charge in [0.2, 0.25) is 5.91 Å². The van der Waals surface area contributed by atoms with Crippen LogP contribution in [0.4, 0.5) is 5.13 Å². The van der Waals surface area contributed by atoms with E-state index in [-0.39, 0.29) is 11.9 Å². The summed E-state index contributed by atoms with van der Waals surface area (Å²) in [5, 5.41) is 7.57. The number of hydrogen-bond donors (Lipinski definition) is 2. The molecule has 3 rings (SSSR count). The first-order chi connectivity index (χ1) is 11.1. The Labute approximate surface area is 148 Å². The van der Waals surface area contributed by atoms with Crippen LogP contribution in [0.1, 0.15) is 10.4 Å². The van der Waals surface area contributed by atoms with Crippen molar-refractivity contribution in [1.29, 1.82) is 0 Å². The third-order valence-electron chi connectivity index (χ3n) is 3.42. The number of carbonyl (C=O) groups excluding carboxylic acids is 1.